The molecule has 0 saturated heterocycles. The molecule has 0 aliphatic heterocycles. The molecule has 0 fully saturated rings. The van der Waals surface area contributed by atoms with Gasteiger partial charge >= 0.3 is 0 Å². The summed E-state index contributed by atoms with van der Waals surface area (Å²) in [5.41, 5.74) is 5.69. The first-order valence-electron chi connectivity index (χ1n) is 8.94. The van der Waals surface area contributed by atoms with E-state index in [-0.39, 0.29) is 0 Å². The third-order valence-corrected chi connectivity index (χ3v) is 4.33. The summed E-state index contributed by atoms with van der Waals surface area (Å²) in [4.78, 5) is 0. The highest BCUT2D eigenvalue weighted by Crippen LogP contribution is 2.29. The molecule has 22 heavy (non-hydrogen) atoms. The van der Waals surface area contributed by atoms with E-state index in [9.17, 15) is 0 Å². The first-order valence-corrected chi connectivity index (χ1v) is 8.94. The molecule has 0 aliphatic rings. The average Bonchev–Trinajstić information content (AvgIpc) is 2.57. The summed E-state index contributed by atoms with van der Waals surface area (Å²) in [5, 5.41) is 0. The van der Waals surface area contributed by atoms with Gasteiger partial charge in [-0.1, -0.05) is 82.0 Å². The van der Waals surface area contributed by atoms with E-state index in [0.717, 1.165) is 6.42 Å². The molecule has 2 rings (SSSR count). The Morgan fingerprint density at radius 3 is 2.32 bits per heavy atom. The van der Waals surface area contributed by atoms with Crippen LogP contribution in [-0.2, 0) is 12.8 Å². The number of benzene rings is 2. The number of aryl methyl sites for hydroxylation is 2. The van der Waals surface area contributed by atoms with E-state index in [1.807, 2.05) is 0 Å². The van der Waals surface area contributed by atoms with Crippen molar-refractivity contribution in [3.8, 4) is 11.1 Å². The Balaban J connectivity index is 2.21. The molecule has 0 heterocycles. The predicted octanol–water partition coefficient (Wildman–Crippen LogP) is 6.62. The minimum Gasteiger partial charge on any atom is -0.0654 e. The molecule has 2 aromatic carbocycles. The maximum atomic E-state index is 3.50. The van der Waals surface area contributed by atoms with Crippen LogP contribution in [0.2, 0.25) is 0 Å². The molecule has 0 bridgehead atoms. The van der Waals surface area contributed by atoms with Crippen molar-refractivity contribution in [2.75, 3.05) is 0 Å². The second-order valence-electron chi connectivity index (χ2n) is 6.13. The Morgan fingerprint density at radius 2 is 1.50 bits per heavy atom. The Labute approximate surface area is 136 Å². The molecule has 0 spiro atoms. The lowest BCUT2D eigenvalue weighted by Gasteiger charge is -2.13. The van der Waals surface area contributed by atoms with Crippen LogP contribution >= 0.6 is 0 Å². The van der Waals surface area contributed by atoms with E-state index in [2.05, 4.69) is 62.4 Å². The molecule has 0 amide bonds. The number of hydrogen-bond donors (Lipinski definition) is 0. The molecule has 2 aromatic rings. The van der Waals surface area contributed by atoms with Gasteiger partial charge in [0.15, 0.2) is 0 Å². The second-order valence-corrected chi connectivity index (χ2v) is 6.13. The fourth-order valence-corrected chi connectivity index (χ4v) is 3.03. The van der Waals surface area contributed by atoms with Crippen molar-refractivity contribution in [1.82, 2.24) is 0 Å². The van der Waals surface area contributed by atoms with Gasteiger partial charge in [0.1, 0.15) is 0 Å². The second kappa shape index (κ2) is 9.46. The van der Waals surface area contributed by atoms with Crippen molar-refractivity contribution in [3.05, 3.63) is 59.7 Å². The molecule has 1 radical (unpaired) electrons. The van der Waals surface area contributed by atoms with E-state index < -0.39 is 0 Å². The zero-order valence-corrected chi connectivity index (χ0v) is 14.2. The standard InChI is InChI=1S/C22H29/c1-3-5-7-8-14-20-16-10-12-18-22(20)21-17-11-9-15-19(21)13-6-4-2/h9-12,15,17-18H,3-8,13-14H2,1-2H3. The average molecular weight is 293 g/mol. The van der Waals surface area contributed by atoms with Crippen LogP contribution < -0.4 is 0 Å². The van der Waals surface area contributed by atoms with Crippen LogP contribution in [0.5, 0.6) is 0 Å². The highest BCUT2D eigenvalue weighted by Gasteiger charge is 2.08. The fourth-order valence-electron chi connectivity index (χ4n) is 3.03. The third kappa shape index (κ3) is 4.73. The highest BCUT2D eigenvalue weighted by atomic mass is 14.1. The van der Waals surface area contributed by atoms with Crippen LogP contribution in [0, 0.1) is 6.07 Å². The zero-order valence-electron chi connectivity index (χ0n) is 14.2. The largest absolute Gasteiger partial charge is 0.0654 e. The van der Waals surface area contributed by atoms with Crippen molar-refractivity contribution >= 4 is 0 Å². The van der Waals surface area contributed by atoms with Crippen LogP contribution in [-0.4, -0.2) is 0 Å². The molecule has 0 nitrogen and oxygen atoms in total. The molecule has 0 saturated carbocycles. The summed E-state index contributed by atoms with van der Waals surface area (Å²) in [6, 6.07) is 18.9. The van der Waals surface area contributed by atoms with Crippen LogP contribution in [0.25, 0.3) is 11.1 Å². The van der Waals surface area contributed by atoms with Gasteiger partial charge < -0.3 is 0 Å². The summed E-state index contributed by atoms with van der Waals surface area (Å²) < 4.78 is 0. The van der Waals surface area contributed by atoms with Crippen LogP contribution in [0.4, 0.5) is 0 Å². The van der Waals surface area contributed by atoms with Gasteiger partial charge in [-0.2, -0.15) is 0 Å². The SMILES string of the molecule is CCCCCCc1[c]cccc1-c1ccccc1CCCC. The monoisotopic (exact) mass is 293 g/mol. The first kappa shape index (κ1) is 16.8. The number of rotatable bonds is 9. The Hall–Kier alpha value is -1.56. The van der Waals surface area contributed by atoms with Gasteiger partial charge in [-0.3, -0.25) is 0 Å². The summed E-state index contributed by atoms with van der Waals surface area (Å²) in [6.45, 7) is 4.53. The van der Waals surface area contributed by atoms with Crippen molar-refractivity contribution < 1.29 is 0 Å². The minimum atomic E-state index is 1.15. The van der Waals surface area contributed by atoms with Gasteiger partial charge in [-0.05, 0) is 54.0 Å². The van der Waals surface area contributed by atoms with E-state index in [1.54, 1.807) is 0 Å². The van der Waals surface area contributed by atoms with Gasteiger partial charge in [0.25, 0.3) is 0 Å². The number of unbranched alkanes of at least 4 members (excludes halogenated alkanes) is 4. The van der Waals surface area contributed by atoms with Crippen molar-refractivity contribution in [2.45, 2.75) is 65.2 Å². The lowest BCUT2D eigenvalue weighted by atomic mass is 9.91. The topological polar surface area (TPSA) is 0 Å². The van der Waals surface area contributed by atoms with E-state index in [0.29, 0.717) is 0 Å². The Morgan fingerprint density at radius 1 is 0.727 bits per heavy atom. The maximum absolute atomic E-state index is 3.50. The van der Waals surface area contributed by atoms with Crippen LogP contribution in [0.3, 0.4) is 0 Å². The Bertz CT molecular complexity index is 553. The molecule has 0 aromatic heterocycles. The van der Waals surface area contributed by atoms with Crippen molar-refractivity contribution in [2.24, 2.45) is 0 Å². The predicted molar refractivity (Wildman–Crippen MR) is 97.2 cm³/mol. The third-order valence-electron chi connectivity index (χ3n) is 4.33. The molecule has 117 valence electrons. The molecule has 0 heteroatoms. The summed E-state index contributed by atoms with van der Waals surface area (Å²) in [7, 11) is 0. The molecular weight excluding hydrogens is 264 g/mol. The summed E-state index contributed by atoms with van der Waals surface area (Å²) in [6.07, 6.45) is 10.1. The van der Waals surface area contributed by atoms with E-state index >= 15 is 0 Å². The molecular formula is C22H29. The highest BCUT2D eigenvalue weighted by molar-refractivity contribution is 5.70. The summed E-state index contributed by atoms with van der Waals surface area (Å²) >= 11 is 0. The number of hydrogen-bond acceptors (Lipinski definition) is 0. The van der Waals surface area contributed by atoms with Gasteiger partial charge in [0.2, 0.25) is 0 Å². The van der Waals surface area contributed by atoms with Gasteiger partial charge in [-0.15, -0.1) is 0 Å². The van der Waals surface area contributed by atoms with Gasteiger partial charge in [-0.25, -0.2) is 0 Å². The van der Waals surface area contributed by atoms with Gasteiger partial charge in [0.05, 0.1) is 0 Å². The lowest BCUT2D eigenvalue weighted by molar-refractivity contribution is 0.667. The van der Waals surface area contributed by atoms with E-state index in [1.165, 1.54) is 67.2 Å². The Kier molecular flexibility index (Phi) is 7.22. The van der Waals surface area contributed by atoms with Crippen molar-refractivity contribution in [1.29, 1.82) is 0 Å². The quantitative estimate of drug-likeness (QED) is 0.456. The lowest BCUT2D eigenvalue weighted by Crippen LogP contribution is -1.95. The molecule has 0 N–H and O–H groups in total. The molecule has 0 atom stereocenters. The van der Waals surface area contributed by atoms with Crippen LogP contribution in [0.1, 0.15) is 63.5 Å². The van der Waals surface area contributed by atoms with Crippen LogP contribution in [0.15, 0.2) is 42.5 Å². The van der Waals surface area contributed by atoms with Crippen molar-refractivity contribution in [3.63, 3.8) is 0 Å². The van der Waals surface area contributed by atoms with E-state index in [4.69, 9.17) is 0 Å². The minimum absolute atomic E-state index is 1.15. The summed E-state index contributed by atoms with van der Waals surface area (Å²) in [5.74, 6) is 0. The molecule has 0 unspecified atom stereocenters. The fraction of sp³-hybridized carbons (Fsp3) is 0.455. The maximum Gasteiger partial charge on any atom is -0.0143 e. The first-order chi connectivity index (χ1) is 10.9. The smallest absolute Gasteiger partial charge is 0.0143 e. The molecule has 0 aliphatic carbocycles. The zero-order chi connectivity index (χ0) is 15.6. The normalized spacial score (nSPS) is 10.8. The van der Waals surface area contributed by atoms with Gasteiger partial charge in [0, 0.05) is 0 Å².